The molecule has 0 spiro atoms. The zero-order chi connectivity index (χ0) is 66.8. The van der Waals surface area contributed by atoms with Gasteiger partial charge in [0.15, 0.2) is 6.10 Å². The third-order valence-electron chi connectivity index (χ3n) is 17.1. The van der Waals surface area contributed by atoms with Gasteiger partial charge in [0.05, 0.1) is 19.6 Å². The highest BCUT2D eigenvalue weighted by atomic mass is 28.3. The van der Waals surface area contributed by atoms with Crippen molar-refractivity contribution in [2.75, 3.05) is 61.5 Å². The molecule has 0 aliphatic carbocycles. The fourth-order valence-electron chi connectivity index (χ4n) is 11.3. The standard InChI is InChI=1S/C64H105N9O14Si/c1-21-32-85-45-29-27-44(28-30-45)35-46-64(84)87-43(12)59(79)73-31-25-24-26-47(73)60(80)70(15)53(40(8)9)58(78)67-51(38(4)5)62(82)68(13)48(36-50(75)86-33-34-88(18,19)20)61(81)72(17)55(42(11)23-3)63(83)71(16)54(41(10)22-2)56(76)65-37-49(74)69(14)52(39(6)7)57(77)66-46/h21,27-30,38-43,46-48,51-55H,1,22-26,31-37H2,2-20H3,(H,65,76)(H,66,77)(H,67,78)/t41-,42-,43+,46-,47-,48-,51-,52-,53-,54-,55-/m0/s1. The Morgan fingerprint density at radius 2 is 1.22 bits per heavy atom. The maximum Gasteiger partial charge on any atom is 0.329 e. The minimum absolute atomic E-state index is 0.0772. The maximum atomic E-state index is 15.3. The van der Waals surface area contributed by atoms with Gasteiger partial charge in [0, 0.05) is 56.3 Å². The molecule has 2 fully saturated rings. The second kappa shape index (κ2) is 34.2. The second-order valence-corrected chi connectivity index (χ2v) is 31.8. The van der Waals surface area contributed by atoms with E-state index in [-0.39, 0.29) is 32.6 Å². The first kappa shape index (κ1) is 75.4. The molecular weight excluding hydrogens is 1150 g/mol. The number of hydrogen-bond donors (Lipinski definition) is 3. The van der Waals surface area contributed by atoms with Crippen LogP contribution in [0.25, 0.3) is 0 Å². The summed E-state index contributed by atoms with van der Waals surface area (Å²) < 4.78 is 17.2. The molecule has 0 saturated carbocycles. The van der Waals surface area contributed by atoms with Crippen LogP contribution < -0.4 is 20.7 Å². The molecule has 1 aromatic carbocycles. The molecule has 2 saturated heterocycles. The minimum atomic E-state index is -1.70. The fourth-order valence-corrected chi connectivity index (χ4v) is 12.0. The number of cyclic esters (lactones) is 1. The molecule has 0 unspecified atom stereocenters. The van der Waals surface area contributed by atoms with Crippen LogP contribution in [0.1, 0.15) is 120 Å². The normalized spacial score (nSPS) is 25.5. The maximum absolute atomic E-state index is 15.3. The lowest BCUT2D eigenvalue weighted by Crippen LogP contribution is -2.63. The van der Waals surface area contributed by atoms with E-state index in [1.807, 2.05) is 13.8 Å². The fraction of sp³-hybridized carbons (Fsp3) is 0.703. The van der Waals surface area contributed by atoms with E-state index in [1.54, 1.807) is 85.7 Å². The molecule has 24 heteroatoms. The molecule has 3 N–H and O–H groups in total. The summed E-state index contributed by atoms with van der Waals surface area (Å²) in [7, 11) is 5.31. The highest BCUT2D eigenvalue weighted by molar-refractivity contribution is 6.76. The number of nitrogens with one attached hydrogen (secondary N) is 3. The number of nitrogens with zero attached hydrogens (tertiary/aromatic N) is 6. The van der Waals surface area contributed by atoms with E-state index in [0.717, 1.165) is 9.80 Å². The molecule has 88 heavy (non-hydrogen) atoms. The summed E-state index contributed by atoms with van der Waals surface area (Å²) in [4.78, 5) is 169. The Kier molecular flexibility index (Phi) is 29.3. The number of piperidine rings is 1. The van der Waals surface area contributed by atoms with Gasteiger partial charge in [0.25, 0.3) is 5.91 Å². The first-order chi connectivity index (χ1) is 41.1. The van der Waals surface area contributed by atoms with E-state index in [9.17, 15) is 38.4 Å². The number of rotatable bonds is 17. The van der Waals surface area contributed by atoms with Gasteiger partial charge in [-0.05, 0) is 79.5 Å². The van der Waals surface area contributed by atoms with Gasteiger partial charge in [0.2, 0.25) is 47.3 Å². The number of carbonyl (C=O) groups excluding carboxylic acids is 11. The van der Waals surface area contributed by atoms with Crippen molar-refractivity contribution in [1.29, 1.82) is 0 Å². The molecule has 0 aromatic heterocycles. The van der Waals surface area contributed by atoms with E-state index in [2.05, 4.69) is 42.2 Å². The highest BCUT2D eigenvalue weighted by Gasteiger charge is 2.46. The largest absolute Gasteiger partial charge is 0.490 e. The number of hydrogen-bond acceptors (Lipinski definition) is 14. The topological polar surface area (TPSA) is 271 Å². The van der Waals surface area contributed by atoms with Crippen molar-refractivity contribution in [3.05, 3.63) is 42.5 Å². The Labute approximate surface area is 524 Å². The quantitative estimate of drug-likeness (QED) is 0.109. The van der Waals surface area contributed by atoms with E-state index >= 15 is 14.4 Å². The third-order valence-corrected chi connectivity index (χ3v) is 18.8. The third kappa shape index (κ3) is 20.3. The molecule has 2 aliphatic rings. The zero-order valence-corrected chi connectivity index (χ0v) is 57.1. The molecule has 3 rings (SSSR count). The molecule has 23 nitrogen and oxygen atoms in total. The number of fused-ring (bicyclic) bond motifs is 1. The van der Waals surface area contributed by atoms with E-state index in [0.29, 0.717) is 43.0 Å². The van der Waals surface area contributed by atoms with Crippen molar-refractivity contribution in [2.45, 2.75) is 201 Å². The zero-order valence-electron chi connectivity index (χ0n) is 56.1. The summed E-state index contributed by atoms with van der Waals surface area (Å²) in [6.07, 6.45) is 1.40. The molecule has 0 bridgehead atoms. The van der Waals surface area contributed by atoms with Crippen molar-refractivity contribution in [3.8, 4) is 5.75 Å². The van der Waals surface area contributed by atoms with Gasteiger partial charge >= 0.3 is 11.9 Å². The van der Waals surface area contributed by atoms with Crippen LogP contribution in [0.3, 0.4) is 0 Å². The molecule has 2 heterocycles. The van der Waals surface area contributed by atoms with Gasteiger partial charge in [-0.1, -0.05) is 127 Å². The van der Waals surface area contributed by atoms with Crippen molar-refractivity contribution in [1.82, 2.24) is 45.3 Å². The van der Waals surface area contributed by atoms with E-state index in [4.69, 9.17) is 14.2 Å². The predicted octanol–water partition coefficient (Wildman–Crippen LogP) is 4.67. The average Bonchev–Trinajstić information content (AvgIpc) is 1.62. The van der Waals surface area contributed by atoms with Gasteiger partial charge < -0.3 is 59.6 Å². The Hall–Kier alpha value is -6.85. The molecule has 1 aromatic rings. The monoisotopic (exact) mass is 1250 g/mol. The van der Waals surface area contributed by atoms with Crippen LogP contribution in [0.2, 0.25) is 25.7 Å². The summed E-state index contributed by atoms with van der Waals surface area (Å²) in [6, 6.07) is -2.91. The van der Waals surface area contributed by atoms with Crippen LogP contribution in [-0.4, -0.2) is 219 Å². The molecular formula is C64H105N9O14Si. The Morgan fingerprint density at radius 3 is 1.76 bits per heavy atom. The SMILES string of the molecule is C=CCOc1ccc(C[C@@H]2NC(=O)[C@H](C(C)C)N(C)C(=O)CNC(=O)[C@H]([C@@H](C)CC)N(C)C(=O)[C@H]([C@@H](C)CC)N(C)C(=O)[C@H](CC(=O)OCC[Si](C)(C)C)N(C)C(=O)[C@H](C(C)C)NC(=O)[C@H](C(C)C)N(C)C(=O)[C@@H]3CCCCN3C(=O)[C@@H](C)OC2=O)cc1. The summed E-state index contributed by atoms with van der Waals surface area (Å²) in [5, 5.41) is 8.34. The minimum Gasteiger partial charge on any atom is -0.490 e. The van der Waals surface area contributed by atoms with E-state index in [1.165, 1.54) is 61.8 Å². The summed E-state index contributed by atoms with van der Waals surface area (Å²) in [5.41, 5.74) is 0.574. The number of benzene rings is 1. The van der Waals surface area contributed by atoms with E-state index < -0.39 is 170 Å². The molecule has 2 aliphatic heterocycles. The molecule has 494 valence electrons. The van der Waals surface area contributed by atoms with Crippen molar-refractivity contribution < 1.29 is 67.0 Å². The van der Waals surface area contributed by atoms with Crippen LogP contribution >= 0.6 is 0 Å². The number of carbonyl (C=O) groups is 11. The van der Waals surface area contributed by atoms with Gasteiger partial charge in [-0.3, -0.25) is 47.9 Å². The van der Waals surface area contributed by atoms with Crippen LogP contribution in [0, 0.1) is 29.6 Å². The van der Waals surface area contributed by atoms with Gasteiger partial charge in [-0.2, -0.15) is 0 Å². The van der Waals surface area contributed by atoms with Gasteiger partial charge in [0.1, 0.15) is 60.7 Å². The van der Waals surface area contributed by atoms with Crippen molar-refractivity contribution in [3.63, 3.8) is 0 Å². The van der Waals surface area contributed by atoms with Crippen LogP contribution in [0.5, 0.6) is 5.75 Å². The summed E-state index contributed by atoms with van der Waals surface area (Å²) >= 11 is 0. The van der Waals surface area contributed by atoms with Gasteiger partial charge in [-0.25, -0.2) is 4.79 Å². The van der Waals surface area contributed by atoms with Crippen molar-refractivity contribution in [2.24, 2.45) is 29.6 Å². The summed E-state index contributed by atoms with van der Waals surface area (Å²) in [5.74, 6) is -10.3. The smallest absolute Gasteiger partial charge is 0.329 e. The molecule has 9 amide bonds. The second-order valence-electron chi connectivity index (χ2n) is 26.2. The molecule has 11 atom stereocenters. The number of amides is 9. The van der Waals surface area contributed by atoms with Gasteiger partial charge in [-0.15, -0.1) is 0 Å². The first-order valence-electron chi connectivity index (χ1n) is 31.3. The van der Waals surface area contributed by atoms with Crippen molar-refractivity contribution >= 4 is 73.2 Å². The van der Waals surface area contributed by atoms with Crippen LogP contribution in [-0.2, 0) is 68.6 Å². The highest BCUT2D eigenvalue weighted by Crippen LogP contribution is 2.27. The number of likely N-dealkylation sites (N-methyl/N-ethyl adjacent to an activating group) is 5. The first-order valence-corrected chi connectivity index (χ1v) is 35.0. The lowest BCUT2D eigenvalue weighted by Gasteiger charge is -2.41. The van der Waals surface area contributed by atoms with Crippen LogP contribution in [0.4, 0.5) is 0 Å². The Bertz CT molecular complexity index is 2610. The summed E-state index contributed by atoms with van der Waals surface area (Å²) in [6.45, 7) is 28.6. The lowest BCUT2D eigenvalue weighted by molar-refractivity contribution is -0.165. The van der Waals surface area contributed by atoms with Crippen LogP contribution in [0.15, 0.2) is 36.9 Å². The molecule has 0 radical (unpaired) electrons. The lowest BCUT2D eigenvalue weighted by atomic mass is 9.92. The Balaban J connectivity index is 2.31. The number of esters is 2. The predicted molar refractivity (Wildman–Crippen MR) is 338 cm³/mol. The Morgan fingerprint density at radius 1 is 0.670 bits per heavy atom. The number of ether oxygens (including phenoxy) is 3. The average molecular weight is 1250 g/mol.